The zero-order valence-corrected chi connectivity index (χ0v) is 38.7. The molecule has 0 N–H and O–H groups in total. The van der Waals surface area contributed by atoms with Crippen LogP contribution in [0.3, 0.4) is 0 Å². The van der Waals surface area contributed by atoms with Crippen LogP contribution < -0.4 is 6.54 Å². The SMILES string of the molecule is CC1=Cc2c(-c3cccc4ccccc34)cccc2[CH]1[Zr](=[GeH2])([c]1ccccc1)([c]1ccccc1)[CH]1C(C)=Cc2c(-c3cccc4ccccc34)cccc21.Cl.Cl. The van der Waals surface area contributed by atoms with E-state index < -0.39 is 15.7 Å². The molecule has 56 heavy (non-hydrogen) atoms. The Labute approximate surface area is 348 Å². The Balaban J connectivity index is 0.00000220. The van der Waals surface area contributed by atoms with Gasteiger partial charge < -0.3 is 0 Å². The molecular weight excluding hydrogens is 859 g/mol. The zero-order valence-electron chi connectivity index (χ0n) is 31.7. The van der Waals surface area contributed by atoms with Gasteiger partial charge in [0.2, 0.25) is 0 Å². The third-order valence-corrected chi connectivity index (χ3v) is 51.8. The van der Waals surface area contributed by atoms with Crippen molar-refractivity contribution < 1.29 is 15.7 Å². The minimum absolute atomic E-state index is 0. The molecule has 0 radical (unpaired) electrons. The molecule has 0 bridgehead atoms. The normalized spacial score (nSPS) is 16.0. The summed E-state index contributed by atoms with van der Waals surface area (Å²) < 4.78 is 3.79. The number of fused-ring (bicyclic) bond motifs is 4. The van der Waals surface area contributed by atoms with Gasteiger partial charge in [0.1, 0.15) is 0 Å². The quantitative estimate of drug-likeness (QED) is 0.146. The number of hydrogen-bond donors (Lipinski definition) is 0. The molecule has 0 saturated heterocycles. The number of rotatable bonds is 6. The molecule has 0 amide bonds. The predicted molar refractivity (Wildman–Crippen MR) is 247 cm³/mol. The van der Waals surface area contributed by atoms with Gasteiger partial charge in [-0.2, -0.15) is 0 Å². The van der Waals surface area contributed by atoms with Gasteiger partial charge in [-0.1, -0.05) is 0 Å². The van der Waals surface area contributed by atoms with E-state index >= 15 is 0 Å². The average Bonchev–Trinajstić information content (AvgIpc) is 3.77. The zero-order chi connectivity index (χ0) is 36.5. The number of hydrogen-bond acceptors (Lipinski definition) is 0. The van der Waals surface area contributed by atoms with E-state index in [0.717, 1.165) is 0 Å². The van der Waals surface area contributed by atoms with Gasteiger partial charge in [0.15, 0.2) is 0 Å². The third kappa shape index (κ3) is 5.57. The second kappa shape index (κ2) is 14.9. The first kappa shape index (κ1) is 38.6. The Hall–Kier alpha value is -4.23. The summed E-state index contributed by atoms with van der Waals surface area (Å²) in [6.45, 7) is 4.90. The molecule has 4 heteroatoms. The molecule has 2 aliphatic rings. The summed E-state index contributed by atoms with van der Waals surface area (Å²) in [5.74, 6) is 0. The number of halogens is 2. The second-order valence-electron chi connectivity index (χ2n) is 15.7. The first-order valence-electron chi connectivity index (χ1n) is 19.2. The average molecular weight is 904 g/mol. The predicted octanol–water partition coefficient (Wildman–Crippen LogP) is 12.7. The summed E-state index contributed by atoms with van der Waals surface area (Å²) in [5, 5.41) is 5.20. The molecular formula is C52H44Cl2GeZr. The summed E-state index contributed by atoms with van der Waals surface area (Å²) in [7, 11) is 0. The van der Waals surface area contributed by atoms with Crippen LogP contribution in [0.25, 0.3) is 56.0 Å². The monoisotopic (exact) mass is 902 g/mol. The number of allylic oxidation sites excluding steroid dienone is 2. The minimum atomic E-state index is -4.66. The van der Waals surface area contributed by atoms with E-state index in [9.17, 15) is 0 Å². The van der Waals surface area contributed by atoms with Crippen molar-refractivity contribution in [3.8, 4) is 22.3 Å². The van der Waals surface area contributed by atoms with Gasteiger partial charge in [-0.25, -0.2) is 0 Å². The molecule has 0 nitrogen and oxygen atoms in total. The molecule has 274 valence electrons. The van der Waals surface area contributed by atoms with E-state index in [2.05, 4.69) is 208 Å². The fourth-order valence-electron chi connectivity index (χ4n) is 10.9. The largest absolute Gasteiger partial charge is 0.147 e. The summed E-state index contributed by atoms with van der Waals surface area (Å²) >= 11 is -3.42. The van der Waals surface area contributed by atoms with Gasteiger partial charge >= 0.3 is 327 Å². The Morgan fingerprint density at radius 3 is 1.14 bits per heavy atom. The fraction of sp³-hybridized carbons (Fsp3) is 0.0769. The fourth-order valence-corrected chi connectivity index (χ4v) is 50.2. The Morgan fingerprint density at radius 1 is 0.375 bits per heavy atom. The standard InChI is InChI=1S/2C20H15.2C6H5.2ClH.GeH2.Zr/c2*1-14-12-16-8-5-11-19(20(16)13-14)18-10-4-7-15-6-2-3-9-17(15)18;2*1-2-4-6-5-3-1;;;;/h2*2-13H,1H3;2*1-5H;2*1H;1H2;. The molecule has 0 aliphatic heterocycles. The van der Waals surface area contributed by atoms with Crippen LogP contribution in [0.1, 0.15) is 43.4 Å². The van der Waals surface area contributed by atoms with Crippen LogP contribution in [0.2, 0.25) is 0 Å². The van der Waals surface area contributed by atoms with Crippen molar-refractivity contribution in [1.29, 1.82) is 0 Å². The van der Waals surface area contributed by atoms with E-state index in [0.29, 0.717) is 7.25 Å². The number of benzene rings is 8. The molecule has 8 aromatic rings. The Kier molecular flexibility index (Phi) is 10.3. The van der Waals surface area contributed by atoms with Crippen LogP contribution in [0.4, 0.5) is 0 Å². The molecule has 0 aromatic heterocycles. The van der Waals surface area contributed by atoms with E-state index in [4.69, 9.17) is 0 Å². The Bertz CT molecular complexity index is 2720. The first-order valence-corrected chi connectivity index (χ1v) is 35.0. The van der Waals surface area contributed by atoms with Gasteiger partial charge in [-0.05, 0) is 0 Å². The minimum Gasteiger partial charge on any atom is -0.147 e. The van der Waals surface area contributed by atoms with Gasteiger partial charge in [-0.15, -0.1) is 24.8 Å². The van der Waals surface area contributed by atoms with Gasteiger partial charge in [0, 0.05) is 0 Å². The van der Waals surface area contributed by atoms with Crippen LogP contribution in [0.5, 0.6) is 0 Å². The van der Waals surface area contributed by atoms with Crippen molar-refractivity contribution in [2.24, 2.45) is 0 Å². The van der Waals surface area contributed by atoms with Crippen LogP contribution >= 0.6 is 24.8 Å². The summed E-state index contributed by atoms with van der Waals surface area (Å²) in [4.78, 5) is 0. The third-order valence-electron chi connectivity index (χ3n) is 12.9. The van der Waals surface area contributed by atoms with Crippen LogP contribution in [-0.4, -0.2) is 12.1 Å². The van der Waals surface area contributed by atoms with Crippen molar-refractivity contribution in [3.05, 3.63) is 215 Å². The van der Waals surface area contributed by atoms with E-state index in [1.807, 2.05) is 0 Å². The maximum absolute atomic E-state index is 4.66. The second-order valence-corrected chi connectivity index (χ2v) is 48.3. The first-order chi connectivity index (χ1) is 26.5. The summed E-state index contributed by atoms with van der Waals surface area (Å²) in [5.41, 5.74) is 14.2. The molecule has 2 aliphatic carbocycles. The van der Waals surface area contributed by atoms with Gasteiger partial charge in [-0.3, -0.25) is 0 Å². The molecule has 0 fully saturated rings. The van der Waals surface area contributed by atoms with E-state index in [1.54, 1.807) is 6.54 Å². The molecule has 0 spiro atoms. The van der Waals surface area contributed by atoms with Gasteiger partial charge in [0.25, 0.3) is 0 Å². The van der Waals surface area contributed by atoms with Crippen LogP contribution in [0, 0.1) is 0 Å². The van der Waals surface area contributed by atoms with Crippen molar-refractivity contribution in [2.45, 2.75) is 21.1 Å². The Morgan fingerprint density at radius 2 is 0.714 bits per heavy atom. The van der Waals surface area contributed by atoms with E-state index in [-0.39, 0.29) is 24.8 Å². The van der Waals surface area contributed by atoms with Crippen molar-refractivity contribution >= 4 is 77.2 Å². The van der Waals surface area contributed by atoms with Crippen molar-refractivity contribution in [2.75, 3.05) is 0 Å². The molecule has 8 aromatic carbocycles. The van der Waals surface area contributed by atoms with Crippen LogP contribution in [-0.2, 0) is 15.7 Å². The topological polar surface area (TPSA) is 0 Å². The van der Waals surface area contributed by atoms with E-state index in [1.165, 1.54) is 89.3 Å². The molecule has 0 saturated carbocycles. The van der Waals surface area contributed by atoms with Crippen LogP contribution in [0.15, 0.2) is 193 Å². The summed E-state index contributed by atoms with van der Waals surface area (Å²) in [6, 6.07) is 69.4. The smallest absolute Gasteiger partial charge is 0.147 e. The van der Waals surface area contributed by atoms with Gasteiger partial charge in [0.05, 0.1) is 0 Å². The van der Waals surface area contributed by atoms with Crippen molar-refractivity contribution in [1.82, 2.24) is 0 Å². The summed E-state index contributed by atoms with van der Waals surface area (Å²) in [6.07, 6.45) is 5.15. The van der Waals surface area contributed by atoms with Crippen molar-refractivity contribution in [3.63, 3.8) is 0 Å². The molecule has 0 heterocycles. The molecule has 10 rings (SSSR count). The molecule has 2 unspecified atom stereocenters. The maximum Gasteiger partial charge on any atom is -0.147 e. The molecule has 2 atom stereocenters. The maximum atomic E-state index is 2.58.